The number of nitrogen functional groups attached to an aromatic ring is 1. The van der Waals surface area contributed by atoms with E-state index in [0.717, 1.165) is 23.3 Å². The predicted octanol–water partition coefficient (Wildman–Crippen LogP) is 1.33. The highest BCUT2D eigenvalue weighted by atomic mass is 79.9. The molecule has 0 radical (unpaired) electrons. The molecule has 0 spiro atoms. The molecule has 70 valence electrons. The molecule has 5 heteroatoms. The van der Waals surface area contributed by atoms with Crippen molar-refractivity contribution in [3.05, 3.63) is 16.5 Å². The van der Waals surface area contributed by atoms with Gasteiger partial charge in [-0.3, -0.25) is 0 Å². The second-order valence-corrected chi connectivity index (χ2v) is 3.84. The van der Waals surface area contributed by atoms with E-state index < -0.39 is 0 Å². The van der Waals surface area contributed by atoms with E-state index in [-0.39, 0.29) is 0 Å². The quantitative estimate of drug-likeness (QED) is 0.809. The normalized spacial score (nSPS) is 22.1. The molecule has 1 unspecified atom stereocenters. The van der Waals surface area contributed by atoms with Gasteiger partial charge in [-0.25, -0.2) is 9.97 Å². The molecule has 1 fully saturated rings. The molecular weight excluding hydrogens is 234 g/mol. The van der Waals surface area contributed by atoms with Gasteiger partial charge in [0, 0.05) is 12.5 Å². The number of aromatic nitrogens is 2. The van der Waals surface area contributed by atoms with Gasteiger partial charge in [-0.2, -0.15) is 0 Å². The number of halogens is 1. The van der Waals surface area contributed by atoms with Gasteiger partial charge in [0.15, 0.2) is 0 Å². The molecule has 0 aliphatic carbocycles. The van der Waals surface area contributed by atoms with Gasteiger partial charge in [-0.15, -0.1) is 0 Å². The molecule has 1 aromatic heterocycles. The third-order valence-corrected chi connectivity index (χ3v) is 2.50. The Bertz CT molecular complexity index is 312. The van der Waals surface area contributed by atoms with Crippen molar-refractivity contribution in [2.24, 2.45) is 0 Å². The second-order valence-electron chi connectivity index (χ2n) is 3.02. The summed E-state index contributed by atoms with van der Waals surface area (Å²) in [4.78, 5) is 8.34. The zero-order valence-electron chi connectivity index (χ0n) is 7.03. The first kappa shape index (κ1) is 8.90. The minimum Gasteiger partial charge on any atom is -0.382 e. The molecule has 0 bridgehead atoms. The van der Waals surface area contributed by atoms with Crippen molar-refractivity contribution in [3.63, 3.8) is 0 Å². The summed E-state index contributed by atoms with van der Waals surface area (Å²) in [5, 5.41) is 0. The van der Waals surface area contributed by atoms with Crippen molar-refractivity contribution in [2.45, 2.75) is 12.3 Å². The summed E-state index contributed by atoms with van der Waals surface area (Å²) in [6, 6.07) is 0. The van der Waals surface area contributed by atoms with Gasteiger partial charge < -0.3 is 10.5 Å². The smallest absolute Gasteiger partial charge is 0.145 e. The summed E-state index contributed by atoms with van der Waals surface area (Å²) < 4.78 is 5.99. The van der Waals surface area contributed by atoms with Crippen molar-refractivity contribution in [1.82, 2.24) is 9.97 Å². The molecule has 0 aromatic carbocycles. The fourth-order valence-corrected chi connectivity index (χ4v) is 1.73. The van der Waals surface area contributed by atoms with Gasteiger partial charge >= 0.3 is 0 Å². The first-order chi connectivity index (χ1) is 6.27. The Labute approximate surface area is 84.6 Å². The van der Waals surface area contributed by atoms with E-state index in [1.807, 2.05) is 0 Å². The molecule has 1 aliphatic heterocycles. The number of ether oxygens (including phenoxy) is 1. The van der Waals surface area contributed by atoms with E-state index in [2.05, 4.69) is 25.9 Å². The number of anilines is 1. The SMILES string of the molecule is Nc1ncc(Br)nc1C1CCOC1. The van der Waals surface area contributed by atoms with Crippen LogP contribution in [0.5, 0.6) is 0 Å². The molecule has 1 aliphatic rings. The Morgan fingerprint density at radius 3 is 3.15 bits per heavy atom. The Hall–Kier alpha value is -0.680. The summed E-state index contributed by atoms with van der Waals surface area (Å²) >= 11 is 3.27. The average Bonchev–Trinajstić information content (AvgIpc) is 2.61. The van der Waals surface area contributed by atoms with E-state index in [1.54, 1.807) is 6.20 Å². The maximum atomic E-state index is 5.72. The molecule has 4 nitrogen and oxygen atoms in total. The van der Waals surface area contributed by atoms with E-state index in [0.29, 0.717) is 18.3 Å². The average molecular weight is 244 g/mol. The van der Waals surface area contributed by atoms with Gasteiger partial charge in [0.25, 0.3) is 0 Å². The third-order valence-electron chi connectivity index (χ3n) is 2.12. The van der Waals surface area contributed by atoms with Crippen LogP contribution in [0.2, 0.25) is 0 Å². The van der Waals surface area contributed by atoms with Crippen molar-refractivity contribution in [1.29, 1.82) is 0 Å². The van der Waals surface area contributed by atoms with Crippen LogP contribution < -0.4 is 5.73 Å². The molecule has 2 rings (SSSR count). The van der Waals surface area contributed by atoms with Crippen molar-refractivity contribution < 1.29 is 4.74 Å². The zero-order valence-corrected chi connectivity index (χ0v) is 8.62. The maximum Gasteiger partial charge on any atom is 0.145 e. The van der Waals surface area contributed by atoms with Gasteiger partial charge in [0.05, 0.1) is 18.5 Å². The fourth-order valence-electron chi connectivity index (χ4n) is 1.44. The van der Waals surface area contributed by atoms with Crippen molar-refractivity contribution in [2.75, 3.05) is 18.9 Å². The summed E-state index contributed by atoms with van der Waals surface area (Å²) in [5.74, 6) is 0.823. The highest BCUT2D eigenvalue weighted by molar-refractivity contribution is 9.10. The molecule has 0 amide bonds. The molecule has 0 saturated carbocycles. The van der Waals surface area contributed by atoms with Crippen LogP contribution in [0, 0.1) is 0 Å². The second kappa shape index (κ2) is 3.59. The number of rotatable bonds is 1. The molecule has 2 heterocycles. The van der Waals surface area contributed by atoms with Gasteiger partial charge in [-0.05, 0) is 22.4 Å². The summed E-state index contributed by atoms with van der Waals surface area (Å²) in [5.41, 5.74) is 6.57. The summed E-state index contributed by atoms with van der Waals surface area (Å²) in [7, 11) is 0. The van der Waals surface area contributed by atoms with Crippen LogP contribution in [0.25, 0.3) is 0 Å². The molecule has 2 N–H and O–H groups in total. The Morgan fingerprint density at radius 2 is 2.46 bits per heavy atom. The number of nitrogens with two attached hydrogens (primary N) is 1. The monoisotopic (exact) mass is 243 g/mol. The largest absolute Gasteiger partial charge is 0.382 e. The highest BCUT2D eigenvalue weighted by Crippen LogP contribution is 2.27. The standard InChI is InChI=1S/C8H10BrN3O/c9-6-3-11-8(10)7(12-6)5-1-2-13-4-5/h3,5H,1-2,4H2,(H2,10,11). The van der Waals surface area contributed by atoms with E-state index in [9.17, 15) is 0 Å². The number of nitrogens with zero attached hydrogens (tertiary/aromatic N) is 2. The summed E-state index contributed by atoms with van der Waals surface area (Å²) in [6.07, 6.45) is 2.59. The van der Waals surface area contributed by atoms with Crippen LogP contribution >= 0.6 is 15.9 Å². The number of hydrogen-bond donors (Lipinski definition) is 1. The zero-order chi connectivity index (χ0) is 9.26. The van der Waals surface area contributed by atoms with Gasteiger partial charge in [-0.1, -0.05) is 0 Å². The molecule has 1 aromatic rings. The molecular formula is C8H10BrN3O. The number of hydrogen-bond acceptors (Lipinski definition) is 4. The Balaban J connectivity index is 2.32. The van der Waals surface area contributed by atoms with Crippen molar-refractivity contribution in [3.8, 4) is 0 Å². The topological polar surface area (TPSA) is 61.0 Å². The van der Waals surface area contributed by atoms with E-state index >= 15 is 0 Å². The van der Waals surface area contributed by atoms with Crippen LogP contribution in [-0.4, -0.2) is 23.2 Å². The maximum absolute atomic E-state index is 5.72. The lowest BCUT2D eigenvalue weighted by Gasteiger charge is -2.08. The van der Waals surface area contributed by atoms with E-state index in [4.69, 9.17) is 10.5 Å². The van der Waals surface area contributed by atoms with Crippen LogP contribution in [-0.2, 0) is 4.74 Å². The molecule has 1 atom stereocenters. The fraction of sp³-hybridized carbons (Fsp3) is 0.500. The van der Waals surface area contributed by atoms with Crippen LogP contribution in [0.1, 0.15) is 18.0 Å². The van der Waals surface area contributed by atoms with Gasteiger partial charge in [0.2, 0.25) is 0 Å². The first-order valence-electron chi connectivity index (χ1n) is 4.13. The minimum atomic E-state index is 0.310. The first-order valence-corrected chi connectivity index (χ1v) is 4.92. The molecule has 1 saturated heterocycles. The van der Waals surface area contributed by atoms with Gasteiger partial charge in [0.1, 0.15) is 10.4 Å². The highest BCUT2D eigenvalue weighted by Gasteiger charge is 2.22. The summed E-state index contributed by atoms with van der Waals surface area (Å²) in [6.45, 7) is 1.49. The predicted molar refractivity (Wildman–Crippen MR) is 52.3 cm³/mol. The lowest BCUT2D eigenvalue weighted by Crippen LogP contribution is -2.07. The lowest BCUT2D eigenvalue weighted by molar-refractivity contribution is 0.193. The Morgan fingerprint density at radius 1 is 1.62 bits per heavy atom. The Kier molecular flexibility index (Phi) is 2.46. The van der Waals surface area contributed by atoms with Crippen LogP contribution in [0.15, 0.2) is 10.8 Å². The van der Waals surface area contributed by atoms with Crippen molar-refractivity contribution >= 4 is 21.7 Å². The van der Waals surface area contributed by atoms with E-state index in [1.165, 1.54) is 0 Å². The van der Waals surface area contributed by atoms with Crippen LogP contribution in [0.4, 0.5) is 5.82 Å². The lowest BCUT2D eigenvalue weighted by atomic mass is 10.1. The van der Waals surface area contributed by atoms with Crippen LogP contribution in [0.3, 0.4) is 0 Å². The molecule has 13 heavy (non-hydrogen) atoms. The minimum absolute atomic E-state index is 0.310. The third kappa shape index (κ3) is 1.81.